The summed E-state index contributed by atoms with van der Waals surface area (Å²) in [4.78, 5) is 14.6. The second-order valence-electron chi connectivity index (χ2n) is 9.38. The topological polar surface area (TPSA) is 56.4 Å². The number of carbonyl (C=O) groups excluding carboxylic acids is 1. The predicted octanol–water partition coefficient (Wildman–Crippen LogP) is 5.83. The summed E-state index contributed by atoms with van der Waals surface area (Å²) in [5.41, 5.74) is 0. The van der Waals surface area contributed by atoms with E-state index in [2.05, 4.69) is 59.0 Å². The second-order valence-corrected chi connectivity index (χ2v) is 9.38. The fraction of sp³-hybridized carbons (Fsp3) is 0.828. The highest BCUT2D eigenvalue weighted by Gasteiger charge is 2.06. The number of likely N-dealkylation sites (N-methyl/N-ethyl adjacent to an activating group) is 1. The molecule has 0 spiro atoms. The van der Waals surface area contributed by atoms with Crippen molar-refractivity contribution < 1.29 is 4.79 Å². The van der Waals surface area contributed by atoms with Crippen molar-refractivity contribution in [2.45, 2.75) is 104 Å². The highest BCUT2D eigenvalue weighted by molar-refractivity contribution is 5.75. The Morgan fingerprint density at radius 3 is 2.00 bits per heavy atom. The lowest BCUT2D eigenvalue weighted by molar-refractivity contribution is -0.121. The van der Waals surface area contributed by atoms with Gasteiger partial charge in [0.1, 0.15) is 0 Å². The molecular weight excluding hydrogens is 420 g/mol. The summed E-state index contributed by atoms with van der Waals surface area (Å²) < 4.78 is 0. The van der Waals surface area contributed by atoms with E-state index in [1.807, 2.05) is 7.05 Å². The Bertz CT molecular complexity index is 479. The van der Waals surface area contributed by atoms with E-state index in [0.29, 0.717) is 6.42 Å². The Balaban J connectivity index is 3.61. The molecule has 0 bridgehead atoms. The fourth-order valence-electron chi connectivity index (χ4n) is 3.81. The number of hydrogen-bond donors (Lipinski definition) is 3. The van der Waals surface area contributed by atoms with Crippen molar-refractivity contribution in [1.29, 1.82) is 0 Å². The first-order valence-corrected chi connectivity index (χ1v) is 14.4. The van der Waals surface area contributed by atoms with Crippen LogP contribution in [0, 0.1) is 0 Å². The molecule has 0 aromatic rings. The highest BCUT2D eigenvalue weighted by atomic mass is 16.1. The number of nitrogens with one attached hydrogen (secondary N) is 3. The maximum absolute atomic E-state index is 12.1. The van der Waals surface area contributed by atoms with Crippen LogP contribution < -0.4 is 16.0 Å². The Labute approximate surface area is 212 Å². The van der Waals surface area contributed by atoms with E-state index in [0.717, 1.165) is 65.1 Å². The van der Waals surface area contributed by atoms with Crippen LogP contribution in [0.1, 0.15) is 104 Å². The van der Waals surface area contributed by atoms with Crippen LogP contribution in [0.4, 0.5) is 0 Å². The quantitative estimate of drug-likeness (QED) is 0.108. The van der Waals surface area contributed by atoms with Crippen LogP contribution in [0.5, 0.6) is 0 Å². The first-order valence-electron chi connectivity index (χ1n) is 14.4. The molecule has 3 N–H and O–H groups in total. The molecule has 0 aliphatic rings. The predicted molar refractivity (Wildman–Crippen MR) is 151 cm³/mol. The van der Waals surface area contributed by atoms with Gasteiger partial charge in [0.05, 0.1) is 0 Å². The molecule has 0 aliphatic heterocycles. The standard InChI is InChI=1S/C29H58N4O/c1-4-6-8-9-10-11-12-13-14-15-16-17-18-19-20-21-29(34)32-25-28-33(26-23-30-3)27-24-31-22-7-5-2/h10-11,13-14,30-31H,4-9,12,15-28H2,1-3H3,(H,32,34)/b11-10-,14-13-. The number of hydrogen-bond acceptors (Lipinski definition) is 4. The molecule has 1 amide bonds. The summed E-state index contributed by atoms with van der Waals surface area (Å²) in [6, 6.07) is 0. The summed E-state index contributed by atoms with van der Waals surface area (Å²) in [6.07, 6.45) is 25.8. The number of carbonyl (C=O) groups is 1. The van der Waals surface area contributed by atoms with Gasteiger partial charge in [-0.15, -0.1) is 0 Å². The van der Waals surface area contributed by atoms with Crippen molar-refractivity contribution >= 4 is 5.91 Å². The van der Waals surface area contributed by atoms with E-state index >= 15 is 0 Å². The SMILES string of the molecule is CCCCC/C=C\C/C=C\CCCCCCCC(=O)NCCN(CCNC)CCNCCCC. The van der Waals surface area contributed by atoms with Gasteiger partial charge < -0.3 is 16.0 Å². The molecular formula is C29H58N4O. The molecule has 34 heavy (non-hydrogen) atoms. The minimum atomic E-state index is 0.209. The van der Waals surface area contributed by atoms with Crippen LogP contribution in [0.2, 0.25) is 0 Å². The van der Waals surface area contributed by atoms with Crippen molar-refractivity contribution in [2.24, 2.45) is 0 Å². The molecule has 0 atom stereocenters. The van der Waals surface area contributed by atoms with E-state index < -0.39 is 0 Å². The van der Waals surface area contributed by atoms with Gasteiger partial charge in [0.2, 0.25) is 5.91 Å². The van der Waals surface area contributed by atoms with Crippen LogP contribution in [0.3, 0.4) is 0 Å². The van der Waals surface area contributed by atoms with Crippen molar-refractivity contribution in [3.63, 3.8) is 0 Å². The van der Waals surface area contributed by atoms with Gasteiger partial charge in [-0.2, -0.15) is 0 Å². The van der Waals surface area contributed by atoms with Crippen molar-refractivity contribution in [3.05, 3.63) is 24.3 Å². The molecule has 5 heteroatoms. The Hall–Kier alpha value is -1.17. The zero-order valence-corrected chi connectivity index (χ0v) is 23.0. The molecule has 0 aromatic carbocycles. The zero-order valence-electron chi connectivity index (χ0n) is 23.0. The van der Waals surface area contributed by atoms with Gasteiger partial charge in [-0.3, -0.25) is 9.69 Å². The third kappa shape index (κ3) is 25.5. The van der Waals surface area contributed by atoms with Gasteiger partial charge in [-0.25, -0.2) is 0 Å². The molecule has 0 heterocycles. The molecule has 0 saturated heterocycles. The lowest BCUT2D eigenvalue weighted by Gasteiger charge is -2.22. The average Bonchev–Trinajstić information content (AvgIpc) is 2.84. The largest absolute Gasteiger partial charge is 0.355 e. The van der Waals surface area contributed by atoms with E-state index in [1.54, 1.807) is 0 Å². The van der Waals surface area contributed by atoms with E-state index in [4.69, 9.17) is 0 Å². The third-order valence-electron chi connectivity index (χ3n) is 6.09. The molecule has 0 aliphatic carbocycles. The summed E-state index contributed by atoms with van der Waals surface area (Å²) in [5.74, 6) is 0.209. The van der Waals surface area contributed by atoms with E-state index in [9.17, 15) is 4.79 Å². The molecule has 5 nitrogen and oxygen atoms in total. The second kappa shape index (κ2) is 28.1. The summed E-state index contributed by atoms with van der Waals surface area (Å²) in [7, 11) is 1.99. The van der Waals surface area contributed by atoms with Crippen LogP contribution in [-0.4, -0.2) is 63.7 Å². The maximum Gasteiger partial charge on any atom is 0.220 e. The molecule has 0 radical (unpaired) electrons. The minimum absolute atomic E-state index is 0.209. The average molecular weight is 479 g/mol. The van der Waals surface area contributed by atoms with Crippen LogP contribution in [-0.2, 0) is 4.79 Å². The lowest BCUT2D eigenvalue weighted by Crippen LogP contribution is -2.41. The van der Waals surface area contributed by atoms with Gasteiger partial charge in [0.25, 0.3) is 0 Å². The zero-order chi connectivity index (χ0) is 25.0. The molecule has 0 aromatic heterocycles. The Morgan fingerprint density at radius 1 is 0.676 bits per heavy atom. The molecule has 0 fully saturated rings. The first kappa shape index (κ1) is 32.8. The number of amides is 1. The highest BCUT2D eigenvalue weighted by Crippen LogP contribution is 2.08. The smallest absolute Gasteiger partial charge is 0.220 e. The number of rotatable bonds is 26. The minimum Gasteiger partial charge on any atom is -0.355 e. The van der Waals surface area contributed by atoms with Gasteiger partial charge in [0.15, 0.2) is 0 Å². The van der Waals surface area contributed by atoms with Gasteiger partial charge >= 0.3 is 0 Å². The van der Waals surface area contributed by atoms with Crippen LogP contribution >= 0.6 is 0 Å². The fourth-order valence-corrected chi connectivity index (χ4v) is 3.81. The van der Waals surface area contributed by atoms with Crippen molar-refractivity contribution in [2.75, 3.05) is 52.9 Å². The molecule has 0 saturated carbocycles. The lowest BCUT2D eigenvalue weighted by atomic mass is 10.1. The van der Waals surface area contributed by atoms with Gasteiger partial charge in [-0.05, 0) is 58.5 Å². The van der Waals surface area contributed by atoms with E-state index in [1.165, 1.54) is 64.2 Å². The molecule has 200 valence electrons. The number of nitrogens with zero attached hydrogens (tertiary/aromatic N) is 1. The molecule has 0 unspecified atom stereocenters. The number of unbranched alkanes of at least 4 members (excludes halogenated alkanes) is 9. The summed E-state index contributed by atoms with van der Waals surface area (Å²) in [6.45, 7) is 11.3. The maximum atomic E-state index is 12.1. The van der Waals surface area contributed by atoms with Crippen LogP contribution in [0.15, 0.2) is 24.3 Å². The van der Waals surface area contributed by atoms with Crippen LogP contribution in [0.25, 0.3) is 0 Å². The van der Waals surface area contributed by atoms with E-state index in [-0.39, 0.29) is 5.91 Å². The van der Waals surface area contributed by atoms with Crippen molar-refractivity contribution in [1.82, 2.24) is 20.9 Å². The first-order chi connectivity index (χ1) is 16.7. The Kier molecular flexibility index (Phi) is 27.1. The monoisotopic (exact) mass is 478 g/mol. The molecule has 0 rings (SSSR count). The Morgan fingerprint density at radius 2 is 1.29 bits per heavy atom. The normalized spacial score (nSPS) is 11.9. The van der Waals surface area contributed by atoms with Crippen molar-refractivity contribution in [3.8, 4) is 0 Å². The number of allylic oxidation sites excluding steroid dienone is 4. The summed E-state index contributed by atoms with van der Waals surface area (Å²) in [5, 5.41) is 9.85. The summed E-state index contributed by atoms with van der Waals surface area (Å²) >= 11 is 0. The third-order valence-corrected chi connectivity index (χ3v) is 6.09. The van der Waals surface area contributed by atoms with Gasteiger partial charge in [-0.1, -0.05) is 76.7 Å². The van der Waals surface area contributed by atoms with Gasteiger partial charge in [0, 0.05) is 45.7 Å².